The van der Waals surface area contributed by atoms with Crippen molar-refractivity contribution >= 4 is 33.2 Å². The molecule has 0 saturated carbocycles. The van der Waals surface area contributed by atoms with Gasteiger partial charge in [-0.25, -0.2) is 0 Å². The van der Waals surface area contributed by atoms with Crippen LogP contribution in [0.5, 0.6) is 0 Å². The summed E-state index contributed by atoms with van der Waals surface area (Å²) in [5.74, 6) is 1.74. The summed E-state index contributed by atoms with van der Waals surface area (Å²) in [6.45, 7) is 4.09. The van der Waals surface area contributed by atoms with E-state index in [4.69, 9.17) is 0 Å². The van der Waals surface area contributed by atoms with Gasteiger partial charge in [-0.2, -0.15) is 0 Å². The Morgan fingerprint density at radius 1 is 1.33 bits per heavy atom. The molecule has 2 atom stereocenters. The van der Waals surface area contributed by atoms with Gasteiger partial charge >= 0.3 is 0 Å². The molecule has 0 spiro atoms. The molecule has 1 aromatic rings. The van der Waals surface area contributed by atoms with Crippen LogP contribution in [0.4, 0.5) is 0 Å². The molecule has 2 aliphatic heterocycles. The first kappa shape index (κ1) is 12.6. The van der Waals surface area contributed by atoms with E-state index in [0.717, 1.165) is 60.2 Å². The third-order valence-electron chi connectivity index (χ3n) is 4.12. The van der Waals surface area contributed by atoms with Crippen molar-refractivity contribution in [3.63, 3.8) is 0 Å². The monoisotopic (exact) mass is 328 g/mol. The Balaban J connectivity index is 1.70. The average molecular weight is 329 g/mol. The molecule has 3 nitrogen and oxygen atoms in total. The zero-order valence-corrected chi connectivity index (χ0v) is 12.6. The number of thiophene rings is 1. The van der Waals surface area contributed by atoms with Crippen LogP contribution in [0.2, 0.25) is 0 Å². The Morgan fingerprint density at radius 3 is 2.56 bits per heavy atom. The molecule has 0 unspecified atom stereocenters. The zero-order valence-electron chi connectivity index (χ0n) is 10.2. The van der Waals surface area contributed by atoms with E-state index in [0.29, 0.717) is 0 Å². The minimum absolute atomic E-state index is 0.199. The number of likely N-dealkylation sites (tertiary alicyclic amines) is 1. The Morgan fingerprint density at radius 2 is 2.00 bits per heavy atom. The quantitative estimate of drug-likeness (QED) is 0.859. The highest BCUT2D eigenvalue weighted by Gasteiger charge is 2.32. The molecule has 1 aromatic heterocycles. The molecule has 2 saturated heterocycles. The van der Waals surface area contributed by atoms with Gasteiger partial charge in [-0.1, -0.05) is 0 Å². The van der Waals surface area contributed by atoms with Gasteiger partial charge in [-0.15, -0.1) is 11.3 Å². The number of fused-ring (bicyclic) bond motifs is 1. The summed E-state index contributed by atoms with van der Waals surface area (Å²) in [5, 5.41) is 5.43. The second kappa shape index (κ2) is 5.31. The first-order valence-electron chi connectivity index (χ1n) is 6.48. The van der Waals surface area contributed by atoms with Crippen molar-refractivity contribution in [2.45, 2.75) is 12.8 Å². The maximum absolute atomic E-state index is 12.4. The van der Waals surface area contributed by atoms with Gasteiger partial charge in [0.1, 0.15) is 4.88 Å². The lowest BCUT2D eigenvalue weighted by Crippen LogP contribution is -2.32. The number of nitrogens with zero attached hydrogens (tertiary/aromatic N) is 1. The van der Waals surface area contributed by atoms with Crippen LogP contribution in [0.3, 0.4) is 0 Å². The lowest BCUT2D eigenvalue weighted by Gasteiger charge is -2.20. The molecule has 18 heavy (non-hydrogen) atoms. The summed E-state index contributed by atoms with van der Waals surface area (Å²) in [7, 11) is 0. The van der Waals surface area contributed by atoms with Crippen molar-refractivity contribution in [1.82, 2.24) is 10.2 Å². The fraction of sp³-hybridized carbons (Fsp3) is 0.615. The number of hydrogen-bond acceptors (Lipinski definition) is 3. The van der Waals surface area contributed by atoms with Crippen LogP contribution in [-0.4, -0.2) is 37.0 Å². The summed E-state index contributed by atoms with van der Waals surface area (Å²) in [5.41, 5.74) is 0. The Kier molecular flexibility index (Phi) is 3.73. The predicted molar refractivity (Wildman–Crippen MR) is 77.0 cm³/mol. The minimum Gasteiger partial charge on any atom is -0.338 e. The van der Waals surface area contributed by atoms with Gasteiger partial charge in [-0.05, 0) is 65.1 Å². The van der Waals surface area contributed by atoms with Gasteiger partial charge in [0.25, 0.3) is 5.91 Å². The van der Waals surface area contributed by atoms with Gasteiger partial charge in [0.2, 0.25) is 0 Å². The van der Waals surface area contributed by atoms with E-state index in [-0.39, 0.29) is 5.91 Å². The van der Waals surface area contributed by atoms with Crippen molar-refractivity contribution < 1.29 is 4.79 Å². The van der Waals surface area contributed by atoms with Crippen LogP contribution in [0.25, 0.3) is 0 Å². The lowest BCUT2D eigenvalue weighted by atomic mass is 9.92. The van der Waals surface area contributed by atoms with Gasteiger partial charge in [0.15, 0.2) is 0 Å². The number of carbonyl (C=O) groups excluding carboxylic acids is 1. The number of nitrogens with one attached hydrogen (secondary N) is 1. The van der Waals surface area contributed by atoms with Gasteiger partial charge < -0.3 is 10.2 Å². The largest absolute Gasteiger partial charge is 0.338 e. The molecule has 98 valence electrons. The SMILES string of the molecule is O=C(c1sccc1Br)N1CC[C@@H]2CNC[C@@H]2CC1. The first-order valence-corrected chi connectivity index (χ1v) is 8.16. The fourth-order valence-corrected chi connectivity index (χ4v) is 4.52. The highest BCUT2D eigenvalue weighted by molar-refractivity contribution is 9.10. The van der Waals surface area contributed by atoms with E-state index < -0.39 is 0 Å². The summed E-state index contributed by atoms with van der Waals surface area (Å²) >= 11 is 4.98. The van der Waals surface area contributed by atoms with Crippen LogP contribution >= 0.6 is 27.3 Å². The van der Waals surface area contributed by atoms with Crippen LogP contribution < -0.4 is 5.32 Å². The lowest BCUT2D eigenvalue weighted by molar-refractivity contribution is 0.0762. The summed E-state index contributed by atoms with van der Waals surface area (Å²) in [6.07, 6.45) is 2.29. The highest BCUT2D eigenvalue weighted by atomic mass is 79.9. The molecule has 1 amide bonds. The number of carbonyl (C=O) groups is 1. The van der Waals surface area contributed by atoms with E-state index in [1.807, 2.05) is 16.3 Å². The first-order chi connectivity index (χ1) is 8.75. The average Bonchev–Trinajstić information content (AvgIpc) is 2.94. The molecule has 0 radical (unpaired) electrons. The van der Waals surface area contributed by atoms with E-state index in [1.165, 1.54) is 11.3 Å². The minimum atomic E-state index is 0.199. The molecule has 0 bridgehead atoms. The number of rotatable bonds is 1. The van der Waals surface area contributed by atoms with E-state index in [1.54, 1.807) is 0 Å². The van der Waals surface area contributed by atoms with Crippen LogP contribution in [0.15, 0.2) is 15.9 Å². The summed E-state index contributed by atoms with van der Waals surface area (Å²) in [4.78, 5) is 15.3. The molecule has 0 aliphatic carbocycles. The number of halogens is 1. The standard InChI is InChI=1S/C13H17BrN2OS/c14-11-3-6-18-12(11)13(17)16-4-1-9-7-15-8-10(9)2-5-16/h3,6,9-10,15H,1-2,4-5,7-8H2/t9-,10+. The van der Waals surface area contributed by atoms with Crippen molar-refractivity contribution in [2.24, 2.45) is 11.8 Å². The Labute approximate surface area is 120 Å². The smallest absolute Gasteiger partial charge is 0.265 e. The van der Waals surface area contributed by atoms with Crippen molar-refractivity contribution in [1.29, 1.82) is 0 Å². The zero-order chi connectivity index (χ0) is 12.5. The van der Waals surface area contributed by atoms with Crippen LogP contribution in [0, 0.1) is 11.8 Å². The molecule has 0 aromatic carbocycles. The second-order valence-corrected chi connectivity index (χ2v) is 6.92. The topological polar surface area (TPSA) is 32.3 Å². The number of amides is 1. The molecule has 5 heteroatoms. The van der Waals surface area contributed by atoms with Crippen LogP contribution in [-0.2, 0) is 0 Å². The van der Waals surface area contributed by atoms with Crippen molar-refractivity contribution in [3.05, 3.63) is 20.8 Å². The van der Waals surface area contributed by atoms with Gasteiger partial charge in [0.05, 0.1) is 0 Å². The molecule has 2 fully saturated rings. The second-order valence-electron chi connectivity index (χ2n) is 5.15. The third kappa shape index (κ3) is 2.36. The molecule has 3 heterocycles. The summed E-state index contributed by atoms with van der Waals surface area (Å²) in [6, 6.07) is 1.95. The fourth-order valence-electron chi connectivity index (χ4n) is 3.01. The van der Waals surface area contributed by atoms with Crippen molar-refractivity contribution in [2.75, 3.05) is 26.2 Å². The van der Waals surface area contributed by atoms with Gasteiger partial charge in [0, 0.05) is 17.6 Å². The molecule has 2 aliphatic rings. The maximum Gasteiger partial charge on any atom is 0.265 e. The van der Waals surface area contributed by atoms with Gasteiger partial charge in [-0.3, -0.25) is 4.79 Å². The number of hydrogen-bond donors (Lipinski definition) is 1. The Bertz CT molecular complexity index is 434. The third-order valence-corrected chi connectivity index (χ3v) is 5.94. The molecule has 3 rings (SSSR count). The Hall–Kier alpha value is -0.390. The van der Waals surface area contributed by atoms with E-state index >= 15 is 0 Å². The van der Waals surface area contributed by atoms with E-state index in [2.05, 4.69) is 21.2 Å². The molecular weight excluding hydrogens is 312 g/mol. The predicted octanol–water partition coefficient (Wildman–Crippen LogP) is 2.58. The summed E-state index contributed by atoms with van der Waals surface area (Å²) < 4.78 is 0.934. The van der Waals surface area contributed by atoms with E-state index in [9.17, 15) is 4.79 Å². The maximum atomic E-state index is 12.4. The van der Waals surface area contributed by atoms with Crippen molar-refractivity contribution in [3.8, 4) is 0 Å². The molecule has 1 N–H and O–H groups in total. The highest BCUT2D eigenvalue weighted by Crippen LogP contribution is 2.29. The van der Waals surface area contributed by atoms with Crippen LogP contribution in [0.1, 0.15) is 22.5 Å². The normalized spacial score (nSPS) is 27.9. The molecular formula is C13H17BrN2OS.